The first-order valence-electron chi connectivity index (χ1n) is 17.2. The first kappa shape index (κ1) is 42.6. The summed E-state index contributed by atoms with van der Waals surface area (Å²) >= 11 is 0. The quantitative estimate of drug-likeness (QED) is 0.0469. The van der Waals surface area contributed by atoms with Crippen molar-refractivity contribution < 1.29 is 64.1 Å². The van der Waals surface area contributed by atoms with E-state index in [4.69, 9.17) is 0 Å². The number of carbonyl (C=O) groups is 1. The summed E-state index contributed by atoms with van der Waals surface area (Å²) in [4.78, 5) is 8.92. The SMILES string of the molecule is O=C(O)c1cc(N=Nc2ccc(-c3ccc(N=Nc4c(S(=O)(=O)O)cc5cc(S(=O)(=O)O)cc(N=Nc6ccc7c(S(=O)(=O)O)cccc7c6O)c5c4O)cc3)cc2)ccc1O. The molecule has 0 saturated carbocycles. The second kappa shape index (κ2) is 16.1. The summed E-state index contributed by atoms with van der Waals surface area (Å²) in [6.45, 7) is 0. The van der Waals surface area contributed by atoms with Crippen LogP contribution in [0.3, 0.4) is 0 Å². The molecule has 0 amide bonds. The van der Waals surface area contributed by atoms with Crippen molar-refractivity contribution in [2.45, 2.75) is 14.7 Å². The summed E-state index contributed by atoms with van der Waals surface area (Å²) in [6, 6.07) is 25.0. The van der Waals surface area contributed by atoms with E-state index in [9.17, 15) is 64.1 Å². The second-order valence-corrected chi connectivity index (χ2v) is 17.2. The zero-order valence-electron chi connectivity index (χ0n) is 30.9. The van der Waals surface area contributed by atoms with E-state index in [2.05, 4.69) is 30.7 Å². The van der Waals surface area contributed by atoms with E-state index in [1.807, 2.05) is 0 Å². The lowest BCUT2D eigenvalue weighted by Gasteiger charge is -2.12. The van der Waals surface area contributed by atoms with Crippen molar-refractivity contribution >= 4 is 92.0 Å². The maximum atomic E-state index is 12.6. The summed E-state index contributed by atoms with van der Waals surface area (Å²) in [7, 11) is -14.9. The number of fused-ring (bicyclic) bond motifs is 2. The van der Waals surface area contributed by atoms with Crippen molar-refractivity contribution in [3.8, 4) is 28.4 Å². The molecule has 0 radical (unpaired) electrons. The van der Waals surface area contributed by atoms with Gasteiger partial charge in [-0.25, -0.2) is 4.79 Å². The van der Waals surface area contributed by atoms with Crippen LogP contribution in [-0.2, 0) is 30.4 Å². The van der Waals surface area contributed by atoms with Crippen LogP contribution < -0.4 is 0 Å². The molecule has 0 aromatic heterocycles. The van der Waals surface area contributed by atoms with Gasteiger partial charge in [0.15, 0.2) is 11.5 Å². The maximum Gasteiger partial charge on any atom is 0.339 e. The van der Waals surface area contributed by atoms with E-state index in [-0.39, 0.29) is 44.2 Å². The predicted molar refractivity (Wildman–Crippen MR) is 220 cm³/mol. The molecule has 23 heteroatoms. The van der Waals surface area contributed by atoms with Crippen molar-refractivity contribution in [3.63, 3.8) is 0 Å². The molecule has 20 nitrogen and oxygen atoms in total. The Labute approximate surface area is 349 Å². The van der Waals surface area contributed by atoms with Crippen LogP contribution in [-0.4, -0.2) is 65.3 Å². The highest BCUT2D eigenvalue weighted by Crippen LogP contribution is 2.47. The number of phenols is 3. The number of rotatable bonds is 11. The Morgan fingerprint density at radius 2 is 1.05 bits per heavy atom. The van der Waals surface area contributed by atoms with Gasteiger partial charge >= 0.3 is 5.97 Å². The summed E-state index contributed by atoms with van der Waals surface area (Å²) in [5.74, 6) is -3.33. The van der Waals surface area contributed by atoms with Gasteiger partial charge in [0.2, 0.25) is 0 Å². The number of carboxylic acids is 1. The fraction of sp³-hybridized carbons (Fsp3) is 0. The monoisotopic (exact) mass is 898 g/mol. The smallest absolute Gasteiger partial charge is 0.339 e. The van der Waals surface area contributed by atoms with Crippen LogP contribution in [0.4, 0.5) is 34.1 Å². The topological polar surface area (TPSA) is 335 Å². The fourth-order valence-electron chi connectivity index (χ4n) is 6.10. The third-order valence-corrected chi connectivity index (χ3v) is 11.6. The van der Waals surface area contributed by atoms with Crippen LogP contribution in [0.15, 0.2) is 161 Å². The number of phenolic OH excluding ortho intramolecular Hbond substituents is 2. The van der Waals surface area contributed by atoms with Crippen molar-refractivity contribution in [2.24, 2.45) is 30.7 Å². The molecule has 0 atom stereocenters. The number of azo groups is 3. The van der Waals surface area contributed by atoms with Crippen LogP contribution in [0, 0.1) is 0 Å². The van der Waals surface area contributed by atoms with Gasteiger partial charge in [0.1, 0.15) is 32.5 Å². The number of benzene rings is 7. The van der Waals surface area contributed by atoms with Gasteiger partial charge in [-0.05, 0) is 89.3 Å². The van der Waals surface area contributed by atoms with Crippen LogP contribution in [0.1, 0.15) is 10.4 Å². The fourth-order valence-corrected chi connectivity index (χ4v) is 8.00. The highest BCUT2D eigenvalue weighted by Gasteiger charge is 2.26. The van der Waals surface area contributed by atoms with E-state index in [0.29, 0.717) is 11.3 Å². The third-order valence-electron chi connectivity index (χ3n) is 9.02. The Morgan fingerprint density at radius 3 is 1.63 bits per heavy atom. The molecule has 0 aliphatic carbocycles. The Hall–Kier alpha value is -7.54. The van der Waals surface area contributed by atoms with Crippen molar-refractivity contribution in [2.75, 3.05) is 0 Å². The lowest BCUT2D eigenvalue weighted by Crippen LogP contribution is -2.01. The number of hydrogen-bond acceptors (Lipinski definition) is 16. The molecule has 7 rings (SSSR count). The minimum atomic E-state index is -5.20. The number of nitrogens with zero attached hydrogens (tertiary/aromatic N) is 6. The molecule has 7 N–H and O–H groups in total. The minimum Gasteiger partial charge on any atom is -0.507 e. The highest BCUT2D eigenvalue weighted by molar-refractivity contribution is 7.86. The summed E-state index contributed by atoms with van der Waals surface area (Å²) < 4.78 is 103. The van der Waals surface area contributed by atoms with Gasteiger partial charge in [-0.2, -0.15) is 40.6 Å². The minimum absolute atomic E-state index is 0.0759. The zero-order valence-corrected chi connectivity index (χ0v) is 33.3. The van der Waals surface area contributed by atoms with E-state index in [1.165, 1.54) is 48.5 Å². The predicted octanol–water partition coefficient (Wildman–Crippen LogP) is 9.46. The standard InChI is InChI=1S/C39H26N6O14S3/c46-32-15-12-25(18-29(32)39(49)50)42-40-23-8-4-20(5-9-23)21-6-10-24(11-7-21)41-45-36-34(62(57,58)59)17-22-16-26(60(51,52)53)19-31(35(22)38(36)48)44-43-30-14-13-27-28(37(30)47)2-1-3-33(27)61(54,55)56/h1-19,46-48H,(H,49,50)(H,51,52,53)(H,54,55,56)(H,57,58,59). The second-order valence-electron chi connectivity index (χ2n) is 13.0. The van der Waals surface area contributed by atoms with Crippen LogP contribution in [0.5, 0.6) is 17.2 Å². The van der Waals surface area contributed by atoms with Crippen molar-refractivity contribution in [3.05, 3.63) is 121 Å². The Balaban J connectivity index is 1.22. The van der Waals surface area contributed by atoms with E-state index < -0.39 is 79.6 Å². The molecule has 0 unspecified atom stereocenters. The first-order chi connectivity index (χ1) is 29.2. The van der Waals surface area contributed by atoms with Crippen LogP contribution in [0.25, 0.3) is 32.7 Å². The number of hydrogen-bond donors (Lipinski definition) is 7. The largest absolute Gasteiger partial charge is 0.507 e. The average molecular weight is 899 g/mol. The molecule has 0 aliphatic heterocycles. The molecular formula is C39H26N6O14S3. The number of aromatic carboxylic acids is 1. The van der Waals surface area contributed by atoms with Crippen LogP contribution in [0.2, 0.25) is 0 Å². The maximum absolute atomic E-state index is 12.6. The summed E-state index contributed by atoms with van der Waals surface area (Å²) in [5.41, 5.74) is 0.219. The lowest BCUT2D eigenvalue weighted by molar-refractivity contribution is 0.0693. The van der Waals surface area contributed by atoms with Gasteiger partial charge in [-0.1, -0.05) is 42.5 Å². The van der Waals surface area contributed by atoms with E-state index in [1.54, 1.807) is 36.4 Å². The van der Waals surface area contributed by atoms with Gasteiger partial charge in [0.25, 0.3) is 30.4 Å². The molecule has 0 heterocycles. The van der Waals surface area contributed by atoms with E-state index >= 15 is 0 Å². The molecule has 7 aromatic rings. The summed E-state index contributed by atoms with van der Waals surface area (Å²) in [5, 5.41) is 64.2. The number of aromatic hydroxyl groups is 3. The van der Waals surface area contributed by atoms with Gasteiger partial charge in [-0.3, -0.25) is 13.7 Å². The molecule has 0 bridgehead atoms. The van der Waals surface area contributed by atoms with Crippen LogP contribution >= 0.6 is 0 Å². The molecular weight excluding hydrogens is 873 g/mol. The van der Waals surface area contributed by atoms with Gasteiger partial charge < -0.3 is 20.4 Å². The van der Waals surface area contributed by atoms with Crippen molar-refractivity contribution in [1.29, 1.82) is 0 Å². The molecule has 0 saturated heterocycles. The van der Waals surface area contributed by atoms with Gasteiger partial charge in [0.05, 0.1) is 33.0 Å². The Kier molecular flexibility index (Phi) is 11.1. The Bertz CT molecular complexity index is 3430. The lowest BCUT2D eigenvalue weighted by atomic mass is 10.1. The Morgan fingerprint density at radius 1 is 0.484 bits per heavy atom. The van der Waals surface area contributed by atoms with E-state index in [0.717, 1.165) is 35.9 Å². The van der Waals surface area contributed by atoms with Crippen molar-refractivity contribution in [1.82, 2.24) is 0 Å². The van der Waals surface area contributed by atoms with Gasteiger partial charge in [0, 0.05) is 10.8 Å². The molecule has 0 aliphatic rings. The highest BCUT2D eigenvalue weighted by atomic mass is 32.2. The summed E-state index contributed by atoms with van der Waals surface area (Å²) in [6.07, 6.45) is 0. The zero-order chi connectivity index (χ0) is 44.7. The normalized spacial score (nSPS) is 12.6. The molecule has 7 aromatic carbocycles. The third kappa shape index (κ3) is 8.83. The molecule has 0 fully saturated rings. The number of carboxylic acid groups (broad SMARTS) is 1. The first-order valence-corrected chi connectivity index (χ1v) is 21.5. The molecule has 314 valence electrons. The van der Waals surface area contributed by atoms with Gasteiger partial charge in [-0.15, -0.1) is 15.3 Å². The molecule has 62 heavy (non-hydrogen) atoms. The molecule has 0 spiro atoms. The average Bonchev–Trinajstić information content (AvgIpc) is 3.21.